The van der Waals surface area contributed by atoms with E-state index in [0.29, 0.717) is 17.2 Å². The number of carboxylic acid groups (broad SMARTS) is 1. The predicted octanol–water partition coefficient (Wildman–Crippen LogP) is 7.82. The summed E-state index contributed by atoms with van der Waals surface area (Å²) in [5.74, 6) is 1.35. The zero-order chi connectivity index (χ0) is 24.9. The van der Waals surface area contributed by atoms with Crippen molar-refractivity contribution in [3.63, 3.8) is 0 Å². The first-order valence-corrected chi connectivity index (χ1v) is 12.2. The predicted molar refractivity (Wildman–Crippen MR) is 136 cm³/mol. The quantitative estimate of drug-likeness (QED) is 0.171. The second kappa shape index (κ2) is 20.1. The second-order valence-electron chi connectivity index (χ2n) is 8.19. The molecule has 0 fully saturated rings. The molecule has 0 aliphatic heterocycles. The summed E-state index contributed by atoms with van der Waals surface area (Å²) in [5.41, 5.74) is 1.92. The van der Waals surface area contributed by atoms with Crippen LogP contribution in [-0.2, 0) is 4.79 Å². The Morgan fingerprint density at radius 3 is 1.73 bits per heavy atom. The standard InChI is InChI=1S/C21H28O3.C6H14.CH2O2/c1-3-4-5-6-7-16(2)17-10-14-20(15-11-17)24-21(23)18-8-12-19(22)13-9-18;1-3-5-6-4-2;2-1-3/h8-16,21-23H,3-7H2,1-2H3;3-6H2,1-2H3;1H,(H,2,3). The van der Waals surface area contributed by atoms with Gasteiger partial charge in [0.15, 0.2) is 0 Å². The van der Waals surface area contributed by atoms with Crippen LogP contribution < -0.4 is 4.74 Å². The molecule has 2 aromatic rings. The van der Waals surface area contributed by atoms with Crippen LogP contribution in [0.2, 0.25) is 0 Å². The van der Waals surface area contributed by atoms with Gasteiger partial charge in [0.25, 0.3) is 6.47 Å². The first-order valence-electron chi connectivity index (χ1n) is 12.2. The fraction of sp³-hybridized carbons (Fsp3) is 0.536. The number of hydrogen-bond acceptors (Lipinski definition) is 4. The molecule has 0 aliphatic carbocycles. The Bertz CT molecular complexity index is 693. The molecule has 2 unspecified atom stereocenters. The number of benzene rings is 2. The van der Waals surface area contributed by atoms with Gasteiger partial charge in [-0.3, -0.25) is 4.79 Å². The summed E-state index contributed by atoms with van der Waals surface area (Å²) in [7, 11) is 0. The highest BCUT2D eigenvalue weighted by Crippen LogP contribution is 2.26. The Kier molecular flexibility index (Phi) is 18.6. The topological polar surface area (TPSA) is 87.0 Å². The van der Waals surface area contributed by atoms with E-state index < -0.39 is 6.29 Å². The molecule has 2 rings (SSSR count). The molecule has 5 heteroatoms. The highest BCUT2D eigenvalue weighted by molar-refractivity contribution is 5.32. The van der Waals surface area contributed by atoms with Crippen molar-refractivity contribution in [2.24, 2.45) is 0 Å². The maximum absolute atomic E-state index is 10.1. The smallest absolute Gasteiger partial charge is 0.290 e. The van der Waals surface area contributed by atoms with Crippen molar-refractivity contribution in [3.8, 4) is 11.5 Å². The van der Waals surface area contributed by atoms with E-state index >= 15 is 0 Å². The van der Waals surface area contributed by atoms with Crippen LogP contribution in [0.25, 0.3) is 0 Å². The molecule has 2 aromatic carbocycles. The number of aromatic hydroxyl groups is 1. The van der Waals surface area contributed by atoms with Crippen LogP contribution in [0, 0.1) is 0 Å². The molecule has 5 nitrogen and oxygen atoms in total. The van der Waals surface area contributed by atoms with Gasteiger partial charge < -0.3 is 20.1 Å². The Morgan fingerprint density at radius 1 is 0.788 bits per heavy atom. The third-order valence-electron chi connectivity index (χ3n) is 5.32. The summed E-state index contributed by atoms with van der Waals surface area (Å²) in [6.45, 7) is 8.70. The van der Waals surface area contributed by atoms with Crippen molar-refractivity contribution in [1.82, 2.24) is 0 Å². The Hall–Kier alpha value is -2.53. The molecule has 0 aliphatic rings. The number of unbranched alkanes of at least 4 members (excludes halogenated alkanes) is 6. The van der Waals surface area contributed by atoms with Crippen LogP contribution in [0.15, 0.2) is 48.5 Å². The summed E-state index contributed by atoms with van der Waals surface area (Å²) in [4.78, 5) is 8.36. The Labute approximate surface area is 200 Å². The zero-order valence-corrected chi connectivity index (χ0v) is 20.9. The molecule has 0 saturated carbocycles. The lowest BCUT2D eigenvalue weighted by molar-refractivity contribution is -0.122. The molecule has 0 aromatic heterocycles. The molecular weight excluding hydrogens is 416 g/mol. The minimum atomic E-state index is -1.04. The van der Waals surface area contributed by atoms with E-state index in [1.807, 2.05) is 12.1 Å². The summed E-state index contributed by atoms with van der Waals surface area (Å²) in [6.07, 6.45) is 10.9. The summed E-state index contributed by atoms with van der Waals surface area (Å²) >= 11 is 0. The molecule has 33 heavy (non-hydrogen) atoms. The van der Waals surface area contributed by atoms with Crippen LogP contribution >= 0.6 is 0 Å². The summed E-state index contributed by atoms with van der Waals surface area (Å²) in [6, 6.07) is 14.3. The highest BCUT2D eigenvalue weighted by atomic mass is 16.6. The third-order valence-corrected chi connectivity index (χ3v) is 5.32. The normalized spacial score (nSPS) is 11.8. The molecule has 0 spiro atoms. The van der Waals surface area contributed by atoms with E-state index in [1.54, 1.807) is 12.1 Å². The van der Waals surface area contributed by atoms with Crippen LogP contribution in [0.4, 0.5) is 0 Å². The largest absolute Gasteiger partial charge is 0.508 e. The molecule has 186 valence electrons. The Morgan fingerprint density at radius 2 is 1.24 bits per heavy atom. The van der Waals surface area contributed by atoms with E-state index in [0.717, 1.165) is 0 Å². The number of rotatable bonds is 12. The van der Waals surface area contributed by atoms with Crippen molar-refractivity contribution in [2.45, 2.75) is 97.7 Å². The van der Waals surface area contributed by atoms with Crippen LogP contribution in [0.5, 0.6) is 11.5 Å². The van der Waals surface area contributed by atoms with Gasteiger partial charge in [-0.05, 0) is 54.3 Å². The lowest BCUT2D eigenvalue weighted by Gasteiger charge is -2.16. The van der Waals surface area contributed by atoms with Gasteiger partial charge in [0.2, 0.25) is 6.29 Å². The van der Waals surface area contributed by atoms with E-state index in [9.17, 15) is 10.2 Å². The first kappa shape index (κ1) is 30.5. The minimum Gasteiger partial charge on any atom is -0.508 e. The fourth-order valence-electron chi connectivity index (χ4n) is 3.25. The van der Waals surface area contributed by atoms with Crippen LogP contribution in [0.1, 0.15) is 109 Å². The van der Waals surface area contributed by atoms with Gasteiger partial charge in [-0.2, -0.15) is 0 Å². The number of phenols is 1. The SMILES string of the molecule is CCCCCC.CCCCCCC(C)c1ccc(OC(O)c2ccc(O)cc2)cc1.O=CO. The number of phenolic OH excluding ortho intramolecular Hbond substituents is 1. The van der Waals surface area contributed by atoms with Crippen molar-refractivity contribution in [2.75, 3.05) is 0 Å². The molecule has 0 saturated heterocycles. The third kappa shape index (κ3) is 15.0. The number of hydrogen-bond donors (Lipinski definition) is 3. The van der Waals surface area contributed by atoms with Gasteiger partial charge >= 0.3 is 0 Å². The van der Waals surface area contributed by atoms with Crippen molar-refractivity contribution >= 4 is 6.47 Å². The molecule has 0 radical (unpaired) electrons. The molecular formula is C28H44O5. The van der Waals surface area contributed by atoms with Gasteiger partial charge in [-0.1, -0.05) is 91.2 Å². The maximum atomic E-state index is 10.1. The minimum absolute atomic E-state index is 0.170. The summed E-state index contributed by atoms with van der Waals surface area (Å²) in [5, 5.41) is 26.3. The van der Waals surface area contributed by atoms with Gasteiger partial charge in [0.1, 0.15) is 11.5 Å². The number of aliphatic hydroxyl groups excluding tert-OH is 1. The fourth-order valence-corrected chi connectivity index (χ4v) is 3.25. The molecule has 0 bridgehead atoms. The lowest BCUT2D eigenvalue weighted by Crippen LogP contribution is -2.06. The molecule has 2 atom stereocenters. The average molecular weight is 461 g/mol. The molecule has 0 amide bonds. The highest BCUT2D eigenvalue weighted by Gasteiger charge is 2.10. The van der Waals surface area contributed by atoms with Gasteiger partial charge in [0, 0.05) is 5.56 Å². The van der Waals surface area contributed by atoms with E-state index in [-0.39, 0.29) is 12.2 Å². The number of carbonyl (C=O) groups is 1. The van der Waals surface area contributed by atoms with E-state index in [2.05, 4.69) is 39.8 Å². The number of aliphatic hydroxyl groups is 1. The van der Waals surface area contributed by atoms with E-state index in [4.69, 9.17) is 14.6 Å². The van der Waals surface area contributed by atoms with Gasteiger partial charge in [-0.15, -0.1) is 0 Å². The summed E-state index contributed by atoms with van der Waals surface area (Å²) < 4.78 is 5.56. The second-order valence-corrected chi connectivity index (χ2v) is 8.19. The average Bonchev–Trinajstić information content (AvgIpc) is 2.82. The van der Waals surface area contributed by atoms with Gasteiger partial charge in [0.05, 0.1) is 0 Å². The van der Waals surface area contributed by atoms with Crippen molar-refractivity contribution < 1.29 is 24.9 Å². The van der Waals surface area contributed by atoms with Gasteiger partial charge in [-0.25, -0.2) is 0 Å². The number of ether oxygens (including phenoxy) is 1. The first-order chi connectivity index (χ1) is 15.9. The monoisotopic (exact) mass is 460 g/mol. The van der Waals surface area contributed by atoms with Crippen LogP contribution in [0.3, 0.4) is 0 Å². The lowest BCUT2D eigenvalue weighted by atomic mass is 9.95. The zero-order valence-electron chi connectivity index (χ0n) is 20.9. The van der Waals surface area contributed by atoms with Crippen molar-refractivity contribution in [1.29, 1.82) is 0 Å². The Balaban J connectivity index is 0.000000969. The molecule has 3 N–H and O–H groups in total. The van der Waals surface area contributed by atoms with E-state index in [1.165, 1.54) is 75.5 Å². The molecule has 0 heterocycles. The van der Waals surface area contributed by atoms with Crippen LogP contribution in [-0.4, -0.2) is 21.8 Å². The maximum Gasteiger partial charge on any atom is 0.290 e. The van der Waals surface area contributed by atoms with Crippen molar-refractivity contribution in [3.05, 3.63) is 59.7 Å².